The maximum Gasteiger partial charge on any atom is 0.192 e. The van der Waals surface area contributed by atoms with Gasteiger partial charge in [-0.05, 0) is 122 Å². The van der Waals surface area contributed by atoms with Gasteiger partial charge in [0.1, 0.15) is 0 Å². The maximum absolute atomic E-state index is 7.41. The van der Waals surface area contributed by atoms with Gasteiger partial charge < -0.3 is 4.43 Å². The quantitative estimate of drug-likeness (QED) is 0.533. The second-order valence-corrected chi connectivity index (χ2v) is 18.4. The van der Waals surface area contributed by atoms with E-state index in [1.54, 1.807) is 25.7 Å². The first-order valence-electron chi connectivity index (χ1n) is 11.8. The third kappa shape index (κ3) is 1.53. The van der Waals surface area contributed by atoms with E-state index >= 15 is 0 Å². The Morgan fingerprint density at radius 3 is 1.92 bits per heavy atom. The molecule has 0 amide bonds. The number of rotatable bonds is 2. The molecular formula is C24H38OSi. The third-order valence-corrected chi connectivity index (χ3v) is 16.5. The van der Waals surface area contributed by atoms with Crippen molar-refractivity contribution in [1.82, 2.24) is 0 Å². The van der Waals surface area contributed by atoms with Crippen LogP contribution in [0.2, 0.25) is 18.1 Å². The summed E-state index contributed by atoms with van der Waals surface area (Å²) in [6.07, 6.45) is 10.9. The van der Waals surface area contributed by atoms with Crippen molar-refractivity contribution in [2.75, 3.05) is 0 Å². The minimum atomic E-state index is -1.69. The van der Waals surface area contributed by atoms with Gasteiger partial charge in [-0.2, -0.15) is 0 Å². The fraction of sp³-hybridized carbons (Fsp3) is 1.00. The van der Waals surface area contributed by atoms with Gasteiger partial charge in [0.2, 0.25) is 0 Å². The third-order valence-electron chi connectivity index (χ3n) is 11.9. The summed E-state index contributed by atoms with van der Waals surface area (Å²) in [6, 6.07) is 0. The molecule has 0 saturated heterocycles. The first kappa shape index (κ1) is 16.0. The van der Waals surface area contributed by atoms with Gasteiger partial charge >= 0.3 is 0 Å². The van der Waals surface area contributed by atoms with Crippen LogP contribution >= 0.6 is 0 Å². The highest BCUT2D eigenvalue weighted by Gasteiger charge is 2.80. The van der Waals surface area contributed by atoms with Crippen LogP contribution in [0, 0.1) is 58.7 Å². The van der Waals surface area contributed by atoms with Crippen LogP contribution in [0.1, 0.15) is 65.7 Å². The molecule has 26 heavy (non-hydrogen) atoms. The van der Waals surface area contributed by atoms with Gasteiger partial charge in [-0.1, -0.05) is 20.8 Å². The largest absolute Gasteiger partial charge is 0.411 e. The molecule has 0 N–H and O–H groups in total. The van der Waals surface area contributed by atoms with Crippen LogP contribution in [0.3, 0.4) is 0 Å². The summed E-state index contributed by atoms with van der Waals surface area (Å²) in [4.78, 5) is 0. The Morgan fingerprint density at radius 2 is 1.35 bits per heavy atom. The van der Waals surface area contributed by atoms with Gasteiger partial charge in [0.15, 0.2) is 8.32 Å². The molecule has 144 valence electrons. The minimum absolute atomic E-state index is 0.292. The Hall–Kier alpha value is 0.177. The summed E-state index contributed by atoms with van der Waals surface area (Å²) in [7, 11) is -1.69. The normalized spacial score (nSPS) is 63.3. The molecule has 10 rings (SSSR count). The zero-order valence-electron chi connectivity index (χ0n) is 17.6. The van der Waals surface area contributed by atoms with Crippen LogP contribution in [-0.2, 0) is 4.43 Å². The van der Waals surface area contributed by atoms with Gasteiger partial charge in [-0.3, -0.25) is 0 Å². The standard InChI is InChI=1S/C24H38OSi/c1-22(2,3)26(4,5)25-23-10-18-15-8-14-16-6-13-7-17(14)21(19(15)11-23)24(9-13,12-23)20(16)18/h13-21H,6-12H2,1-5H3. The Kier molecular flexibility index (Phi) is 2.59. The van der Waals surface area contributed by atoms with E-state index in [4.69, 9.17) is 4.43 Å². The molecule has 1 nitrogen and oxygen atoms in total. The molecule has 10 aliphatic carbocycles. The average Bonchev–Trinajstić information content (AvgIpc) is 2.50. The lowest BCUT2D eigenvalue weighted by Gasteiger charge is -2.84. The van der Waals surface area contributed by atoms with Crippen molar-refractivity contribution in [2.45, 2.75) is 89.5 Å². The summed E-state index contributed by atoms with van der Waals surface area (Å²) in [6.45, 7) is 12.4. The molecule has 6 atom stereocenters. The maximum atomic E-state index is 7.41. The molecule has 0 radical (unpaired) electrons. The average molecular weight is 371 g/mol. The Balaban J connectivity index is 1.34. The second-order valence-electron chi connectivity index (χ2n) is 13.7. The number of hydrogen-bond acceptors (Lipinski definition) is 1. The van der Waals surface area contributed by atoms with Gasteiger partial charge in [-0.15, -0.1) is 0 Å². The van der Waals surface area contributed by atoms with Crippen LogP contribution in [0.15, 0.2) is 0 Å². The van der Waals surface area contributed by atoms with Crippen LogP contribution in [-0.4, -0.2) is 13.9 Å². The first-order chi connectivity index (χ1) is 12.1. The lowest BCUT2D eigenvalue weighted by molar-refractivity contribution is -0.369. The molecular weight excluding hydrogens is 332 g/mol. The summed E-state index contributed by atoms with van der Waals surface area (Å²) < 4.78 is 7.41. The van der Waals surface area contributed by atoms with Crippen LogP contribution in [0.5, 0.6) is 0 Å². The highest BCUT2D eigenvalue weighted by atomic mass is 28.4. The van der Waals surface area contributed by atoms with Gasteiger partial charge in [0, 0.05) is 0 Å². The van der Waals surface area contributed by atoms with Gasteiger partial charge in [-0.25, -0.2) is 0 Å². The smallest absolute Gasteiger partial charge is 0.192 e. The molecule has 10 aliphatic rings. The van der Waals surface area contributed by atoms with Crippen LogP contribution in [0.25, 0.3) is 0 Å². The lowest BCUT2D eigenvalue weighted by Crippen LogP contribution is -2.80. The molecule has 0 aliphatic heterocycles. The molecule has 0 aromatic heterocycles. The van der Waals surface area contributed by atoms with Crippen molar-refractivity contribution < 1.29 is 4.43 Å². The van der Waals surface area contributed by atoms with Crippen molar-refractivity contribution in [1.29, 1.82) is 0 Å². The fourth-order valence-corrected chi connectivity index (χ4v) is 12.8. The van der Waals surface area contributed by atoms with Crippen molar-refractivity contribution in [3.05, 3.63) is 0 Å². The topological polar surface area (TPSA) is 9.23 Å². The van der Waals surface area contributed by atoms with E-state index in [9.17, 15) is 0 Å². The van der Waals surface area contributed by atoms with E-state index in [1.807, 2.05) is 0 Å². The highest BCUT2D eigenvalue weighted by molar-refractivity contribution is 6.74. The molecule has 0 aromatic carbocycles. The minimum Gasteiger partial charge on any atom is -0.411 e. The van der Waals surface area contributed by atoms with E-state index in [-0.39, 0.29) is 0 Å². The monoisotopic (exact) mass is 370 g/mol. The molecule has 10 saturated carbocycles. The Morgan fingerprint density at radius 1 is 0.769 bits per heavy atom. The zero-order valence-corrected chi connectivity index (χ0v) is 18.6. The van der Waals surface area contributed by atoms with Crippen molar-refractivity contribution in [3.8, 4) is 0 Å². The van der Waals surface area contributed by atoms with Gasteiger partial charge in [0.05, 0.1) is 5.60 Å². The summed E-state index contributed by atoms with van der Waals surface area (Å²) in [5.74, 6) is 10.1. The first-order valence-corrected chi connectivity index (χ1v) is 14.8. The summed E-state index contributed by atoms with van der Waals surface area (Å²) in [5, 5.41) is 0.350. The number of hydrogen-bond donors (Lipinski definition) is 0. The van der Waals surface area contributed by atoms with E-state index < -0.39 is 8.32 Å². The van der Waals surface area contributed by atoms with E-state index in [2.05, 4.69) is 33.9 Å². The second kappa shape index (κ2) is 4.20. The molecule has 2 heteroatoms. The zero-order chi connectivity index (χ0) is 17.9. The molecule has 11 bridgehead atoms. The molecule has 1 spiro atoms. The van der Waals surface area contributed by atoms with E-state index in [0.29, 0.717) is 10.6 Å². The van der Waals surface area contributed by atoms with E-state index in [1.165, 1.54) is 25.2 Å². The molecule has 0 heterocycles. The summed E-state index contributed by atoms with van der Waals surface area (Å²) in [5.41, 5.74) is 1.04. The lowest BCUT2D eigenvalue weighted by atomic mass is 9.21. The van der Waals surface area contributed by atoms with Crippen molar-refractivity contribution in [2.24, 2.45) is 58.7 Å². The van der Waals surface area contributed by atoms with Gasteiger partial charge in [0.25, 0.3) is 0 Å². The van der Waals surface area contributed by atoms with Crippen LogP contribution < -0.4 is 0 Å². The van der Waals surface area contributed by atoms with Crippen molar-refractivity contribution in [3.63, 3.8) is 0 Å². The van der Waals surface area contributed by atoms with E-state index in [0.717, 1.165) is 52.8 Å². The highest BCUT2D eigenvalue weighted by Crippen LogP contribution is 2.85. The fourth-order valence-electron chi connectivity index (χ4n) is 11.1. The SMILES string of the molecule is CC(C)(C)[Si](C)(C)OC12CC3C4CC5C6CC7CC5C(C4C1)C(C7)(C2)C63. The predicted molar refractivity (Wildman–Crippen MR) is 107 cm³/mol. The van der Waals surface area contributed by atoms with Crippen LogP contribution in [0.4, 0.5) is 0 Å². The Bertz CT molecular complexity index is 657. The molecule has 0 aromatic rings. The molecule has 10 fully saturated rings. The predicted octanol–water partition coefficient (Wildman–Crippen LogP) is 6.11. The molecule has 6 unspecified atom stereocenters. The summed E-state index contributed by atoms with van der Waals surface area (Å²) >= 11 is 0. The Labute approximate surface area is 161 Å². The van der Waals surface area contributed by atoms with Crippen molar-refractivity contribution >= 4 is 8.32 Å².